The van der Waals surface area contributed by atoms with Gasteiger partial charge in [-0.25, -0.2) is 19.0 Å². The molecule has 264 valence electrons. The number of amides is 3. The third-order valence-corrected chi connectivity index (χ3v) is 10.0. The van der Waals surface area contributed by atoms with Crippen LogP contribution < -0.4 is 27.2 Å². The first-order chi connectivity index (χ1) is 24.5. The number of ether oxygens (including phenoxy) is 2. The number of rotatable bonds is 9. The quantitative estimate of drug-likeness (QED) is 0.112. The van der Waals surface area contributed by atoms with Crippen molar-refractivity contribution >= 4 is 41.0 Å². The molecule has 0 radical (unpaired) electrons. The Bertz CT molecular complexity index is 2240. The average Bonchev–Trinajstić information content (AvgIpc) is 3.49. The van der Waals surface area contributed by atoms with Crippen molar-refractivity contribution in [1.82, 2.24) is 20.2 Å². The molecular formula is C36H35FN6O8. The van der Waals surface area contributed by atoms with E-state index in [0.717, 1.165) is 5.56 Å². The highest BCUT2D eigenvalue weighted by Crippen LogP contribution is 2.46. The number of hydrogen-bond acceptors (Lipinski definition) is 10. The first-order valence-electron chi connectivity index (χ1n) is 16.6. The minimum atomic E-state index is -2.02. The van der Waals surface area contributed by atoms with E-state index in [1.807, 2.05) is 0 Å². The number of pyridine rings is 2. The number of esters is 1. The number of nitrogens with zero attached hydrogens (tertiary/aromatic N) is 2. The molecule has 14 nitrogen and oxygen atoms in total. The Balaban J connectivity index is 1.26. The van der Waals surface area contributed by atoms with Crippen LogP contribution in [-0.4, -0.2) is 52.1 Å². The van der Waals surface area contributed by atoms with Crippen molar-refractivity contribution < 1.29 is 38.1 Å². The third-order valence-electron chi connectivity index (χ3n) is 10.0. The molecule has 4 heterocycles. The highest BCUT2D eigenvalue weighted by molar-refractivity contribution is 5.97. The van der Waals surface area contributed by atoms with Crippen molar-refractivity contribution in [2.45, 2.75) is 64.5 Å². The van der Waals surface area contributed by atoms with Crippen LogP contribution in [0.3, 0.4) is 0 Å². The van der Waals surface area contributed by atoms with Crippen molar-refractivity contribution in [3.05, 3.63) is 91.0 Å². The first kappa shape index (κ1) is 33.8. The summed E-state index contributed by atoms with van der Waals surface area (Å²) in [7, 11) is 0. The molecule has 0 saturated heterocycles. The van der Waals surface area contributed by atoms with Gasteiger partial charge in [0.1, 0.15) is 19.0 Å². The van der Waals surface area contributed by atoms with Gasteiger partial charge in [-0.05, 0) is 61.1 Å². The van der Waals surface area contributed by atoms with E-state index in [1.165, 1.54) is 16.7 Å². The SMILES string of the molecule is CC[C@@]1(O)C(=O)OCc2c1cc1n(c2=O)Cc2c-1nc1cc(F)c(C)c3c1c2[C@@H](NC(=O)OCc1ccc(NC=O)cc1C(=O)NCCN)CC3. The van der Waals surface area contributed by atoms with Crippen molar-refractivity contribution in [2.75, 3.05) is 18.4 Å². The van der Waals surface area contributed by atoms with Gasteiger partial charge in [0.25, 0.3) is 11.5 Å². The fourth-order valence-corrected chi connectivity index (χ4v) is 7.38. The van der Waals surface area contributed by atoms with Crippen molar-refractivity contribution in [3.8, 4) is 11.4 Å². The number of fused-ring (bicyclic) bond motifs is 5. The molecule has 2 aromatic heterocycles. The van der Waals surface area contributed by atoms with Crippen LogP contribution in [0.1, 0.15) is 75.1 Å². The zero-order valence-electron chi connectivity index (χ0n) is 27.9. The molecular weight excluding hydrogens is 663 g/mol. The summed E-state index contributed by atoms with van der Waals surface area (Å²) in [5.41, 5.74) is 7.93. The van der Waals surface area contributed by atoms with Crippen LogP contribution >= 0.6 is 0 Å². The number of alkyl carbamates (subject to hydrolysis) is 1. The Hall–Kier alpha value is -5.67. The molecule has 15 heteroatoms. The number of cyclic esters (lactones) is 1. The number of anilines is 1. The number of aromatic nitrogens is 2. The second kappa shape index (κ2) is 12.9. The second-order valence-electron chi connectivity index (χ2n) is 12.8. The molecule has 6 N–H and O–H groups in total. The summed E-state index contributed by atoms with van der Waals surface area (Å²) in [6.45, 7) is 3.26. The maximum Gasteiger partial charge on any atom is 0.407 e. The number of halogens is 1. The summed E-state index contributed by atoms with van der Waals surface area (Å²) in [4.78, 5) is 68.6. The van der Waals surface area contributed by atoms with Crippen LogP contribution in [0.25, 0.3) is 22.3 Å². The van der Waals surface area contributed by atoms with E-state index in [1.54, 1.807) is 32.0 Å². The van der Waals surface area contributed by atoms with Crippen LogP contribution in [0.5, 0.6) is 0 Å². The summed E-state index contributed by atoms with van der Waals surface area (Å²) in [5.74, 6) is -1.74. The summed E-state index contributed by atoms with van der Waals surface area (Å²) in [6.07, 6.45) is 0.494. The van der Waals surface area contributed by atoms with Crippen LogP contribution in [0.4, 0.5) is 14.9 Å². The minimum Gasteiger partial charge on any atom is -0.458 e. The number of hydrogen-bond donors (Lipinski definition) is 5. The van der Waals surface area contributed by atoms with Gasteiger partial charge in [0.2, 0.25) is 6.41 Å². The highest BCUT2D eigenvalue weighted by atomic mass is 19.1. The summed E-state index contributed by atoms with van der Waals surface area (Å²) >= 11 is 0. The number of carbonyl (C=O) groups is 4. The first-order valence-corrected chi connectivity index (χ1v) is 16.6. The molecule has 0 saturated carbocycles. The average molecular weight is 699 g/mol. The smallest absolute Gasteiger partial charge is 0.407 e. The Morgan fingerprint density at radius 2 is 2.02 bits per heavy atom. The van der Waals surface area contributed by atoms with E-state index in [0.29, 0.717) is 69.5 Å². The molecule has 0 unspecified atom stereocenters. The largest absolute Gasteiger partial charge is 0.458 e. The zero-order chi connectivity index (χ0) is 36.2. The zero-order valence-corrected chi connectivity index (χ0v) is 27.9. The number of aryl methyl sites for hydroxylation is 1. The van der Waals surface area contributed by atoms with Gasteiger partial charge in [0.05, 0.1) is 35.1 Å². The number of nitrogens with one attached hydrogen (secondary N) is 3. The molecule has 7 rings (SSSR count). The number of carbonyl (C=O) groups excluding carboxylic acids is 4. The van der Waals surface area contributed by atoms with E-state index in [-0.39, 0.29) is 56.0 Å². The maximum absolute atomic E-state index is 15.2. The summed E-state index contributed by atoms with van der Waals surface area (Å²) in [5, 5.41) is 20.1. The van der Waals surface area contributed by atoms with E-state index in [9.17, 15) is 29.1 Å². The van der Waals surface area contributed by atoms with E-state index in [4.69, 9.17) is 20.2 Å². The van der Waals surface area contributed by atoms with Crippen LogP contribution in [-0.2, 0) is 50.8 Å². The molecule has 3 aliphatic rings. The fourth-order valence-electron chi connectivity index (χ4n) is 7.38. The number of nitrogens with two attached hydrogens (primary N) is 1. The van der Waals surface area contributed by atoms with E-state index in [2.05, 4.69) is 16.0 Å². The molecule has 4 aromatic rings. The normalized spacial score (nSPS) is 18.3. The van der Waals surface area contributed by atoms with Crippen molar-refractivity contribution in [2.24, 2.45) is 5.73 Å². The van der Waals surface area contributed by atoms with Gasteiger partial charge in [0, 0.05) is 52.5 Å². The number of benzene rings is 2. The lowest BCUT2D eigenvalue weighted by Crippen LogP contribution is -2.44. The molecule has 2 aromatic carbocycles. The molecule has 0 fully saturated rings. The molecule has 1 aliphatic carbocycles. The maximum atomic E-state index is 15.2. The predicted octanol–water partition coefficient (Wildman–Crippen LogP) is 2.70. The Morgan fingerprint density at radius 3 is 2.76 bits per heavy atom. The lowest BCUT2D eigenvalue weighted by molar-refractivity contribution is -0.172. The van der Waals surface area contributed by atoms with Gasteiger partial charge >= 0.3 is 12.1 Å². The van der Waals surface area contributed by atoms with Crippen LogP contribution in [0.2, 0.25) is 0 Å². The minimum absolute atomic E-state index is 0.0213. The van der Waals surface area contributed by atoms with Crippen molar-refractivity contribution in [3.63, 3.8) is 0 Å². The summed E-state index contributed by atoms with van der Waals surface area (Å²) in [6, 6.07) is 6.89. The molecule has 0 spiro atoms. The third kappa shape index (κ3) is 5.49. The van der Waals surface area contributed by atoms with E-state index >= 15 is 4.39 Å². The van der Waals surface area contributed by atoms with E-state index < -0.39 is 41.0 Å². The van der Waals surface area contributed by atoms with Gasteiger partial charge in [-0.15, -0.1) is 0 Å². The van der Waals surface area contributed by atoms with Gasteiger partial charge in [-0.2, -0.15) is 0 Å². The molecule has 3 amide bonds. The lowest BCUT2D eigenvalue weighted by atomic mass is 9.81. The highest BCUT2D eigenvalue weighted by Gasteiger charge is 2.46. The summed E-state index contributed by atoms with van der Waals surface area (Å²) < 4.78 is 27.6. The lowest BCUT2D eigenvalue weighted by Gasteiger charge is -2.31. The molecule has 51 heavy (non-hydrogen) atoms. The topological polar surface area (TPSA) is 204 Å². The van der Waals surface area contributed by atoms with Crippen LogP contribution in [0, 0.1) is 12.7 Å². The monoisotopic (exact) mass is 698 g/mol. The Morgan fingerprint density at radius 1 is 1.22 bits per heavy atom. The fraction of sp³-hybridized carbons (Fsp3) is 0.333. The number of aliphatic hydroxyl groups is 1. The van der Waals surface area contributed by atoms with Gasteiger partial charge < -0.3 is 40.8 Å². The molecule has 2 aliphatic heterocycles. The van der Waals surface area contributed by atoms with Crippen molar-refractivity contribution in [1.29, 1.82) is 0 Å². The molecule has 0 bridgehead atoms. The van der Waals surface area contributed by atoms with Gasteiger partial charge in [-0.3, -0.25) is 14.4 Å². The van der Waals surface area contributed by atoms with Gasteiger partial charge in [-0.1, -0.05) is 13.0 Å². The predicted molar refractivity (Wildman–Crippen MR) is 181 cm³/mol. The van der Waals surface area contributed by atoms with Crippen LogP contribution in [0.15, 0.2) is 35.1 Å². The molecule has 2 atom stereocenters. The Labute approximate surface area is 290 Å². The van der Waals surface area contributed by atoms with Gasteiger partial charge in [0.15, 0.2) is 5.60 Å². The Kier molecular flexibility index (Phi) is 8.55. The second-order valence-corrected chi connectivity index (χ2v) is 12.8. The standard InChI is InChI=1S/C36H35FN6O8/c1-3-36(49)24-11-28-31-22(13-43(28)33(46)23(24)15-50-34(36)47)30-26(7-6-20-17(2)25(37)12-27(41-31)29(20)30)42-35(48)51-14-18-4-5-19(40-16-44)10-21(18)32(45)39-9-8-38/h4-5,10-12,16,26,49H,3,6-9,13-15,38H2,1-2H3,(H,39,45)(H,40,44)(H,42,48)/t26-,36-/m0/s1.